The monoisotopic (exact) mass is 341 g/mol. The largest absolute Gasteiger partial charge is 0.384 e. The van der Waals surface area contributed by atoms with E-state index in [0.717, 1.165) is 0 Å². The molecule has 2 heterocycles. The van der Waals surface area contributed by atoms with Crippen molar-refractivity contribution in [1.29, 1.82) is 0 Å². The molecular weight excluding hydrogens is 325 g/mol. The topological polar surface area (TPSA) is 92.9 Å². The molecule has 0 aliphatic rings. The molecule has 1 amide bonds. The van der Waals surface area contributed by atoms with Crippen molar-refractivity contribution in [2.75, 3.05) is 6.54 Å². The molecule has 0 saturated carbocycles. The predicted molar refractivity (Wildman–Crippen MR) is 87.5 cm³/mol. The molecular formula is C17H16FN5O2. The lowest BCUT2D eigenvalue weighted by molar-refractivity contribution is 0.0526. The van der Waals surface area contributed by atoms with E-state index >= 15 is 0 Å². The van der Waals surface area contributed by atoms with E-state index in [9.17, 15) is 14.3 Å². The third kappa shape index (κ3) is 3.86. The Morgan fingerprint density at radius 2 is 2.04 bits per heavy atom. The number of halogens is 1. The first-order valence-corrected chi connectivity index (χ1v) is 7.53. The summed E-state index contributed by atoms with van der Waals surface area (Å²) < 4.78 is 14.4. The second-order valence-corrected chi connectivity index (χ2v) is 5.71. The first-order valence-electron chi connectivity index (χ1n) is 7.53. The Balaban J connectivity index is 1.65. The van der Waals surface area contributed by atoms with Crippen molar-refractivity contribution in [3.63, 3.8) is 0 Å². The SMILES string of the molecule is CC(O)(CNC(=O)c1ccc(-n2cncn2)nc1)c1ccc(F)cc1. The van der Waals surface area contributed by atoms with Gasteiger partial charge in [0.1, 0.15) is 24.1 Å². The van der Waals surface area contributed by atoms with E-state index in [1.807, 2.05) is 0 Å². The van der Waals surface area contributed by atoms with E-state index in [-0.39, 0.29) is 18.3 Å². The lowest BCUT2D eigenvalue weighted by Gasteiger charge is -2.24. The summed E-state index contributed by atoms with van der Waals surface area (Å²) in [7, 11) is 0. The number of carbonyl (C=O) groups is 1. The summed E-state index contributed by atoms with van der Waals surface area (Å²) in [5.41, 5.74) is -0.468. The third-order valence-corrected chi connectivity index (χ3v) is 3.72. The predicted octanol–water partition coefficient (Wildman–Crippen LogP) is 1.44. The van der Waals surface area contributed by atoms with Gasteiger partial charge in [0, 0.05) is 6.20 Å². The van der Waals surface area contributed by atoms with Crippen LogP contribution in [0.3, 0.4) is 0 Å². The molecule has 0 radical (unpaired) electrons. The van der Waals surface area contributed by atoms with Crippen LogP contribution in [0.1, 0.15) is 22.8 Å². The zero-order valence-electron chi connectivity index (χ0n) is 13.4. The van der Waals surface area contributed by atoms with Gasteiger partial charge in [0.25, 0.3) is 5.91 Å². The van der Waals surface area contributed by atoms with Crippen LogP contribution in [0.2, 0.25) is 0 Å². The zero-order valence-corrected chi connectivity index (χ0v) is 13.4. The molecule has 0 aliphatic heterocycles. The molecule has 3 aromatic rings. The van der Waals surface area contributed by atoms with Crippen LogP contribution in [0.4, 0.5) is 4.39 Å². The van der Waals surface area contributed by atoms with Crippen LogP contribution in [0.15, 0.2) is 55.2 Å². The fraction of sp³-hybridized carbons (Fsp3) is 0.176. The summed E-state index contributed by atoms with van der Waals surface area (Å²) in [5.74, 6) is -0.227. The third-order valence-electron chi connectivity index (χ3n) is 3.72. The van der Waals surface area contributed by atoms with Gasteiger partial charge in [0.2, 0.25) is 0 Å². The number of nitrogens with zero attached hydrogens (tertiary/aromatic N) is 4. The first-order chi connectivity index (χ1) is 12.0. The minimum Gasteiger partial charge on any atom is -0.384 e. The molecule has 0 aliphatic carbocycles. The number of benzene rings is 1. The Morgan fingerprint density at radius 3 is 2.64 bits per heavy atom. The van der Waals surface area contributed by atoms with Gasteiger partial charge in [-0.2, -0.15) is 5.10 Å². The Hall–Kier alpha value is -3.13. The molecule has 128 valence electrons. The summed E-state index contributed by atoms with van der Waals surface area (Å²) in [6.45, 7) is 1.52. The van der Waals surface area contributed by atoms with Gasteiger partial charge < -0.3 is 10.4 Å². The van der Waals surface area contributed by atoms with Gasteiger partial charge in [-0.3, -0.25) is 4.79 Å². The highest BCUT2D eigenvalue weighted by Gasteiger charge is 2.24. The van der Waals surface area contributed by atoms with Gasteiger partial charge in [-0.1, -0.05) is 12.1 Å². The zero-order chi connectivity index (χ0) is 17.9. The Kier molecular flexibility index (Phi) is 4.53. The van der Waals surface area contributed by atoms with E-state index in [1.165, 1.54) is 47.8 Å². The molecule has 2 N–H and O–H groups in total. The van der Waals surface area contributed by atoms with Crippen LogP contribution in [-0.4, -0.2) is 37.3 Å². The normalized spacial score (nSPS) is 13.2. The van der Waals surface area contributed by atoms with Gasteiger partial charge in [0.15, 0.2) is 5.82 Å². The average molecular weight is 341 g/mol. The highest BCUT2D eigenvalue weighted by Crippen LogP contribution is 2.20. The number of rotatable bonds is 5. The molecule has 0 saturated heterocycles. The highest BCUT2D eigenvalue weighted by molar-refractivity contribution is 5.94. The Labute approximate surface area is 143 Å². The molecule has 0 bridgehead atoms. The smallest absolute Gasteiger partial charge is 0.252 e. The molecule has 7 nitrogen and oxygen atoms in total. The summed E-state index contributed by atoms with van der Waals surface area (Å²) in [4.78, 5) is 20.2. The second-order valence-electron chi connectivity index (χ2n) is 5.71. The minimum atomic E-state index is -1.32. The lowest BCUT2D eigenvalue weighted by Crippen LogP contribution is -2.38. The van der Waals surface area contributed by atoms with Crippen molar-refractivity contribution in [2.45, 2.75) is 12.5 Å². The molecule has 1 atom stereocenters. The van der Waals surface area contributed by atoms with E-state index in [1.54, 1.807) is 19.1 Å². The number of aliphatic hydroxyl groups is 1. The van der Waals surface area contributed by atoms with Crippen LogP contribution >= 0.6 is 0 Å². The molecule has 25 heavy (non-hydrogen) atoms. The van der Waals surface area contributed by atoms with Gasteiger partial charge in [-0.05, 0) is 36.8 Å². The fourth-order valence-corrected chi connectivity index (χ4v) is 2.25. The van der Waals surface area contributed by atoms with Gasteiger partial charge in [-0.15, -0.1) is 0 Å². The summed E-state index contributed by atoms with van der Waals surface area (Å²) in [6.07, 6.45) is 4.31. The van der Waals surface area contributed by atoms with Crippen molar-refractivity contribution >= 4 is 5.91 Å². The van der Waals surface area contributed by atoms with Crippen molar-refractivity contribution in [2.24, 2.45) is 0 Å². The summed E-state index contributed by atoms with van der Waals surface area (Å²) in [5, 5.41) is 17.1. The molecule has 0 fully saturated rings. The minimum absolute atomic E-state index is 0.0255. The standard InChI is InChI=1S/C17H16FN5O2/c1-17(25,13-3-5-14(18)6-4-13)9-21-16(24)12-2-7-15(20-8-12)23-11-19-10-22-23/h2-8,10-11,25H,9H2,1H3,(H,21,24). The van der Waals surface area contributed by atoms with Crippen LogP contribution in [0.25, 0.3) is 5.82 Å². The Bertz CT molecular complexity index is 846. The van der Waals surface area contributed by atoms with Gasteiger partial charge >= 0.3 is 0 Å². The first kappa shape index (κ1) is 16.7. The van der Waals surface area contributed by atoms with E-state index in [0.29, 0.717) is 16.9 Å². The lowest BCUT2D eigenvalue weighted by atomic mass is 9.96. The molecule has 0 spiro atoms. The quantitative estimate of drug-likeness (QED) is 0.732. The molecule has 8 heteroatoms. The molecule has 1 unspecified atom stereocenters. The van der Waals surface area contributed by atoms with E-state index < -0.39 is 5.60 Å². The second kappa shape index (κ2) is 6.78. The maximum Gasteiger partial charge on any atom is 0.252 e. The number of aromatic nitrogens is 4. The van der Waals surface area contributed by atoms with Crippen LogP contribution in [0, 0.1) is 5.82 Å². The van der Waals surface area contributed by atoms with Gasteiger partial charge in [-0.25, -0.2) is 19.0 Å². The number of pyridine rings is 1. The number of hydrogen-bond donors (Lipinski definition) is 2. The summed E-state index contributed by atoms with van der Waals surface area (Å²) >= 11 is 0. The maximum absolute atomic E-state index is 13.0. The molecule has 1 aromatic carbocycles. The van der Waals surface area contributed by atoms with Gasteiger partial charge in [0.05, 0.1) is 12.1 Å². The van der Waals surface area contributed by atoms with Crippen LogP contribution < -0.4 is 5.32 Å². The molecule has 2 aromatic heterocycles. The summed E-state index contributed by atoms with van der Waals surface area (Å²) in [6, 6.07) is 8.73. The number of amides is 1. The average Bonchev–Trinajstić information content (AvgIpc) is 3.15. The Morgan fingerprint density at radius 1 is 1.28 bits per heavy atom. The van der Waals surface area contributed by atoms with Crippen molar-refractivity contribution in [3.8, 4) is 5.82 Å². The number of hydrogen-bond acceptors (Lipinski definition) is 5. The van der Waals surface area contributed by atoms with Crippen LogP contribution in [-0.2, 0) is 5.60 Å². The van der Waals surface area contributed by atoms with Crippen LogP contribution in [0.5, 0.6) is 0 Å². The van der Waals surface area contributed by atoms with Crippen molar-refractivity contribution < 1.29 is 14.3 Å². The van der Waals surface area contributed by atoms with Crippen molar-refractivity contribution in [3.05, 3.63) is 72.2 Å². The fourth-order valence-electron chi connectivity index (χ4n) is 2.25. The molecule has 3 rings (SSSR count). The highest BCUT2D eigenvalue weighted by atomic mass is 19.1. The maximum atomic E-state index is 13.0. The number of carbonyl (C=O) groups excluding carboxylic acids is 1. The van der Waals surface area contributed by atoms with E-state index in [2.05, 4.69) is 20.4 Å². The van der Waals surface area contributed by atoms with Crippen molar-refractivity contribution in [1.82, 2.24) is 25.1 Å². The van der Waals surface area contributed by atoms with E-state index in [4.69, 9.17) is 0 Å². The number of nitrogens with one attached hydrogen (secondary N) is 1.